The fraction of sp³-hybridized carbons (Fsp3) is 0.0952. The van der Waals surface area contributed by atoms with E-state index in [1.165, 1.54) is 19.5 Å². The molecule has 0 radical (unpaired) electrons. The van der Waals surface area contributed by atoms with E-state index >= 15 is 0 Å². The first-order valence-electron chi connectivity index (χ1n) is 8.84. The van der Waals surface area contributed by atoms with Crippen molar-refractivity contribution < 1.29 is 19.0 Å². The monoisotopic (exact) mass is 462 g/mol. The quantitative estimate of drug-likeness (QED) is 0.402. The highest BCUT2D eigenvalue weighted by Crippen LogP contribution is 2.36. The fourth-order valence-electron chi connectivity index (χ4n) is 2.84. The Morgan fingerprint density at radius 2 is 1.87 bits per heavy atom. The topological polar surface area (TPSA) is 89.4 Å². The summed E-state index contributed by atoms with van der Waals surface area (Å²) in [5.74, 6) is 0.423. The average molecular weight is 463 g/mol. The van der Waals surface area contributed by atoms with Gasteiger partial charge in [0.25, 0.3) is 0 Å². The van der Waals surface area contributed by atoms with Crippen LogP contribution in [0.2, 0.25) is 5.02 Å². The lowest BCUT2D eigenvalue weighted by molar-refractivity contribution is 0.285. The minimum Gasteiger partial charge on any atom is -0.506 e. The number of nitrogens with one attached hydrogen (secondary N) is 1. The molecule has 2 aromatic heterocycles. The molecule has 2 aromatic carbocycles. The van der Waals surface area contributed by atoms with Gasteiger partial charge in [-0.3, -0.25) is 4.98 Å². The third-order valence-corrected chi connectivity index (χ3v) is 4.66. The molecule has 0 amide bonds. The van der Waals surface area contributed by atoms with Crippen LogP contribution < -0.4 is 14.8 Å². The van der Waals surface area contributed by atoms with E-state index in [1.807, 2.05) is 12.1 Å². The van der Waals surface area contributed by atoms with Crippen LogP contribution in [0.1, 0.15) is 5.56 Å². The summed E-state index contributed by atoms with van der Waals surface area (Å²) in [7, 11) is 1.52. The molecule has 0 saturated carbocycles. The second kappa shape index (κ2) is 9.63. The average Bonchev–Trinajstić information content (AvgIpc) is 2.76. The number of aromatic nitrogens is 3. The number of hydrogen-bond donors (Lipinski definition) is 2. The third kappa shape index (κ3) is 4.87. The van der Waals surface area contributed by atoms with E-state index in [0.717, 1.165) is 11.6 Å². The van der Waals surface area contributed by atoms with Crippen molar-refractivity contribution >= 4 is 46.4 Å². The number of phenolic OH excluding ortho intramolecular Hbond substituents is 1. The summed E-state index contributed by atoms with van der Waals surface area (Å²) in [6.45, 7) is 0.329. The van der Waals surface area contributed by atoms with Crippen LogP contribution in [0.5, 0.6) is 17.2 Å². The Balaban J connectivity index is 0.00000272. The molecule has 10 heteroatoms. The van der Waals surface area contributed by atoms with Crippen molar-refractivity contribution in [1.82, 2.24) is 15.0 Å². The standard InChI is InChI=1S/C21H16ClFN4O3.ClH/c1-29-19-6-13-16(9-20(19)30-10-12-2-4-24-5-3-12)25-11-26-21(13)27-17-8-18(28)14(22)7-15(17)23;/h2-9,11,28H,10H2,1H3,(H,25,26,27);1H. The van der Waals surface area contributed by atoms with E-state index in [0.29, 0.717) is 34.8 Å². The summed E-state index contributed by atoms with van der Waals surface area (Å²) in [5, 5.41) is 13.1. The first kappa shape index (κ1) is 22.3. The van der Waals surface area contributed by atoms with Crippen molar-refractivity contribution in [2.45, 2.75) is 6.61 Å². The van der Waals surface area contributed by atoms with Gasteiger partial charge in [-0.05, 0) is 29.8 Å². The maximum atomic E-state index is 14.2. The number of methoxy groups -OCH3 is 1. The molecule has 2 heterocycles. The van der Waals surface area contributed by atoms with Crippen molar-refractivity contribution in [2.75, 3.05) is 12.4 Å². The van der Waals surface area contributed by atoms with Gasteiger partial charge in [0.2, 0.25) is 0 Å². The van der Waals surface area contributed by atoms with Crippen molar-refractivity contribution in [2.24, 2.45) is 0 Å². The molecule has 2 N–H and O–H groups in total. The second-order valence-corrected chi connectivity index (χ2v) is 6.70. The number of aromatic hydroxyl groups is 1. The molecule has 0 fully saturated rings. The molecule has 31 heavy (non-hydrogen) atoms. The minimum absolute atomic E-state index is 0. The van der Waals surface area contributed by atoms with Gasteiger partial charge < -0.3 is 19.9 Å². The van der Waals surface area contributed by atoms with Crippen LogP contribution in [0.25, 0.3) is 10.9 Å². The number of rotatable bonds is 6. The van der Waals surface area contributed by atoms with Crippen LogP contribution in [0.4, 0.5) is 15.9 Å². The predicted octanol–water partition coefficient (Wildman–Crippen LogP) is 5.28. The van der Waals surface area contributed by atoms with Crippen LogP contribution in [0.3, 0.4) is 0 Å². The van der Waals surface area contributed by atoms with Gasteiger partial charge in [-0.15, -0.1) is 12.4 Å². The molecule has 7 nitrogen and oxygen atoms in total. The molecule has 0 unspecified atom stereocenters. The van der Waals surface area contributed by atoms with Gasteiger partial charge in [0.05, 0.1) is 23.3 Å². The molecule has 0 saturated heterocycles. The van der Waals surface area contributed by atoms with E-state index < -0.39 is 5.82 Å². The Labute approximate surface area is 188 Å². The van der Waals surface area contributed by atoms with Gasteiger partial charge in [0, 0.05) is 29.9 Å². The number of hydrogen-bond acceptors (Lipinski definition) is 7. The molecule has 0 bridgehead atoms. The molecule has 0 atom stereocenters. The zero-order valence-corrected chi connectivity index (χ0v) is 17.7. The Morgan fingerprint density at radius 1 is 1.10 bits per heavy atom. The number of benzene rings is 2. The second-order valence-electron chi connectivity index (χ2n) is 6.30. The molecule has 0 aliphatic heterocycles. The van der Waals surface area contributed by atoms with Crippen LogP contribution in [0.15, 0.2) is 55.1 Å². The highest BCUT2D eigenvalue weighted by molar-refractivity contribution is 6.32. The van der Waals surface area contributed by atoms with Gasteiger partial charge in [-0.1, -0.05) is 11.6 Å². The van der Waals surface area contributed by atoms with Crippen LogP contribution >= 0.6 is 24.0 Å². The number of ether oxygens (including phenoxy) is 2. The minimum atomic E-state index is -0.631. The first-order chi connectivity index (χ1) is 14.5. The zero-order valence-electron chi connectivity index (χ0n) is 16.2. The summed E-state index contributed by atoms with van der Waals surface area (Å²) in [5.41, 5.74) is 1.54. The molecule has 0 spiro atoms. The Hall–Kier alpha value is -3.36. The Morgan fingerprint density at radius 3 is 2.61 bits per heavy atom. The number of fused-ring (bicyclic) bond motifs is 1. The van der Waals surface area contributed by atoms with Crippen molar-refractivity contribution in [3.63, 3.8) is 0 Å². The van der Waals surface area contributed by atoms with E-state index in [2.05, 4.69) is 20.3 Å². The summed E-state index contributed by atoms with van der Waals surface area (Å²) in [6.07, 6.45) is 4.72. The van der Waals surface area contributed by atoms with Crippen LogP contribution in [0, 0.1) is 5.82 Å². The smallest absolute Gasteiger partial charge is 0.163 e. The lowest BCUT2D eigenvalue weighted by Crippen LogP contribution is -2.01. The molecule has 0 aliphatic rings. The van der Waals surface area contributed by atoms with Gasteiger partial charge >= 0.3 is 0 Å². The lowest BCUT2D eigenvalue weighted by Gasteiger charge is -2.14. The number of phenols is 1. The van der Waals surface area contributed by atoms with Crippen molar-refractivity contribution in [1.29, 1.82) is 0 Å². The third-order valence-electron chi connectivity index (χ3n) is 4.35. The van der Waals surface area contributed by atoms with Gasteiger partial charge in [0.15, 0.2) is 11.5 Å². The number of halogens is 3. The molecule has 0 aliphatic carbocycles. The van der Waals surface area contributed by atoms with E-state index in [9.17, 15) is 9.50 Å². The Kier molecular flexibility index (Phi) is 6.94. The summed E-state index contributed by atoms with van der Waals surface area (Å²) in [6, 6.07) is 9.34. The summed E-state index contributed by atoms with van der Waals surface area (Å²) < 4.78 is 25.6. The maximum Gasteiger partial charge on any atom is 0.163 e. The van der Waals surface area contributed by atoms with Crippen LogP contribution in [-0.2, 0) is 6.61 Å². The molecular formula is C21H17Cl2FN4O3. The number of anilines is 2. The van der Waals surface area contributed by atoms with Crippen molar-refractivity contribution in [3.05, 3.63) is 71.5 Å². The molecule has 4 rings (SSSR count). The lowest BCUT2D eigenvalue weighted by atomic mass is 10.2. The molecule has 4 aromatic rings. The van der Waals surface area contributed by atoms with E-state index in [1.54, 1.807) is 24.5 Å². The van der Waals surface area contributed by atoms with Gasteiger partial charge in [-0.25, -0.2) is 14.4 Å². The van der Waals surface area contributed by atoms with E-state index in [-0.39, 0.29) is 28.9 Å². The maximum absolute atomic E-state index is 14.2. The summed E-state index contributed by atoms with van der Waals surface area (Å²) in [4.78, 5) is 12.4. The zero-order chi connectivity index (χ0) is 21.1. The normalized spacial score (nSPS) is 10.4. The fourth-order valence-corrected chi connectivity index (χ4v) is 2.99. The largest absolute Gasteiger partial charge is 0.506 e. The summed E-state index contributed by atoms with van der Waals surface area (Å²) >= 11 is 5.74. The number of pyridine rings is 1. The van der Waals surface area contributed by atoms with Gasteiger partial charge in [-0.2, -0.15) is 0 Å². The first-order valence-corrected chi connectivity index (χ1v) is 9.22. The SMILES string of the molecule is COc1cc2c(Nc3cc(O)c(Cl)cc3F)ncnc2cc1OCc1ccncc1.Cl. The highest BCUT2D eigenvalue weighted by Gasteiger charge is 2.14. The molecular weight excluding hydrogens is 446 g/mol. The van der Waals surface area contributed by atoms with Crippen LogP contribution in [-0.4, -0.2) is 27.2 Å². The van der Waals surface area contributed by atoms with Gasteiger partial charge in [0.1, 0.15) is 30.3 Å². The number of nitrogens with zero attached hydrogens (tertiary/aromatic N) is 3. The molecule has 160 valence electrons. The predicted molar refractivity (Wildman–Crippen MR) is 118 cm³/mol. The van der Waals surface area contributed by atoms with E-state index in [4.69, 9.17) is 21.1 Å². The Bertz CT molecular complexity index is 1210. The highest BCUT2D eigenvalue weighted by atomic mass is 35.5. The van der Waals surface area contributed by atoms with Crippen molar-refractivity contribution in [3.8, 4) is 17.2 Å².